The van der Waals surface area contributed by atoms with Crippen LogP contribution >= 0.6 is 11.6 Å². The van der Waals surface area contributed by atoms with E-state index in [-0.39, 0.29) is 5.41 Å². The first kappa shape index (κ1) is 25.6. The number of halogens is 1. The molecule has 0 aromatic heterocycles. The maximum Gasteiger partial charge on any atom is 0.101 e. The highest BCUT2D eigenvalue weighted by Gasteiger charge is 2.36. The van der Waals surface area contributed by atoms with Crippen molar-refractivity contribution in [3.8, 4) is 17.2 Å². The highest BCUT2D eigenvalue weighted by atomic mass is 35.5. The van der Waals surface area contributed by atoms with Crippen molar-refractivity contribution in [3.63, 3.8) is 0 Å². The van der Waals surface area contributed by atoms with Gasteiger partial charge in [-0.25, -0.2) is 0 Å². The lowest BCUT2D eigenvalue weighted by Crippen LogP contribution is -2.15. The lowest BCUT2D eigenvalue weighted by atomic mass is 9.81. The Labute approximate surface area is 256 Å². The molecule has 3 heteroatoms. The van der Waals surface area contributed by atoms with Gasteiger partial charge in [0.1, 0.15) is 6.07 Å². The van der Waals surface area contributed by atoms with Crippen LogP contribution in [0.25, 0.3) is 43.4 Å². The Morgan fingerprint density at radius 3 is 2.07 bits per heavy atom. The van der Waals surface area contributed by atoms with E-state index in [9.17, 15) is 5.26 Å². The Kier molecular flexibility index (Phi) is 5.63. The molecule has 1 aliphatic carbocycles. The predicted octanol–water partition coefficient (Wildman–Crippen LogP) is 11.4. The van der Waals surface area contributed by atoms with Gasteiger partial charge in [0, 0.05) is 22.2 Å². The molecule has 0 amide bonds. The number of nitriles is 1. The van der Waals surface area contributed by atoms with Gasteiger partial charge in [0.15, 0.2) is 0 Å². The molecule has 7 aromatic carbocycles. The molecule has 0 saturated heterocycles. The molecule has 0 bridgehead atoms. The third-order valence-corrected chi connectivity index (χ3v) is 9.44. The van der Waals surface area contributed by atoms with Gasteiger partial charge in [-0.2, -0.15) is 5.26 Å². The van der Waals surface area contributed by atoms with Crippen LogP contribution in [0.4, 0.5) is 17.1 Å². The van der Waals surface area contributed by atoms with Crippen molar-refractivity contribution in [2.24, 2.45) is 0 Å². The minimum Gasteiger partial charge on any atom is -0.310 e. The second-order valence-electron chi connectivity index (χ2n) is 11.8. The smallest absolute Gasteiger partial charge is 0.101 e. The van der Waals surface area contributed by atoms with Crippen LogP contribution in [0.5, 0.6) is 0 Å². The van der Waals surface area contributed by atoms with Crippen LogP contribution in [0.3, 0.4) is 0 Å². The summed E-state index contributed by atoms with van der Waals surface area (Å²) in [5, 5.41) is 17.9. The Balaban J connectivity index is 1.47. The molecule has 1 aliphatic rings. The molecule has 0 atom stereocenters. The summed E-state index contributed by atoms with van der Waals surface area (Å²) in [5.41, 5.74) is 8.34. The minimum atomic E-state index is -0.126. The molecule has 0 aliphatic heterocycles. The highest BCUT2D eigenvalue weighted by Crippen LogP contribution is 2.54. The molecule has 8 rings (SSSR count). The standard InChI is InChI=1S/C40H27ClN2/c1-40(2)34-14-8-13-32-37(23-33-31-12-7-6-11-27(31)22-35(40)39(33)38(32)34)43(30-19-20-36(41)28(21-30)24-42)29-17-15-26(16-18-29)25-9-4-3-5-10-25/h3-23H,1-2H3. The van der Waals surface area contributed by atoms with Crippen LogP contribution in [0.15, 0.2) is 127 Å². The van der Waals surface area contributed by atoms with Gasteiger partial charge in [0.2, 0.25) is 0 Å². The van der Waals surface area contributed by atoms with Crippen LogP contribution in [0.2, 0.25) is 5.02 Å². The summed E-state index contributed by atoms with van der Waals surface area (Å²) in [4.78, 5) is 2.28. The molecule has 2 nitrogen and oxygen atoms in total. The number of hydrogen-bond acceptors (Lipinski definition) is 2. The van der Waals surface area contributed by atoms with Gasteiger partial charge >= 0.3 is 0 Å². The SMILES string of the molecule is CC1(C)c2cccc3c(N(c4ccc(-c5ccccc5)cc4)c4ccc(Cl)c(C#N)c4)cc4c5ccccc5cc1c4c23. The zero-order chi connectivity index (χ0) is 29.3. The maximum absolute atomic E-state index is 9.91. The summed E-state index contributed by atoms with van der Waals surface area (Å²) >= 11 is 6.44. The first-order valence-corrected chi connectivity index (χ1v) is 14.9. The largest absolute Gasteiger partial charge is 0.310 e. The zero-order valence-corrected chi connectivity index (χ0v) is 24.7. The lowest BCUT2D eigenvalue weighted by molar-refractivity contribution is 0.663. The van der Waals surface area contributed by atoms with Gasteiger partial charge in [-0.1, -0.05) is 110 Å². The molecule has 0 heterocycles. The van der Waals surface area contributed by atoms with Crippen LogP contribution < -0.4 is 4.90 Å². The normalized spacial score (nSPS) is 13.2. The van der Waals surface area contributed by atoms with Gasteiger partial charge in [0.05, 0.1) is 16.3 Å². The average Bonchev–Trinajstić information content (AvgIpc) is 3.28. The van der Waals surface area contributed by atoms with Crippen LogP contribution in [0, 0.1) is 11.3 Å². The number of hydrogen-bond donors (Lipinski definition) is 0. The van der Waals surface area contributed by atoms with Crippen molar-refractivity contribution in [1.29, 1.82) is 5.26 Å². The Morgan fingerprint density at radius 1 is 0.605 bits per heavy atom. The second kappa shape index (κ2) is 9.46. The number of rotatable bonds is 4. The molecule has 0 fully saturated rings. The van der Waals surface area contributed by atoms with Crippen LogP contribution in [-0.4, -0.2) is 0 Å². The van der Waals surface area contributed by atoms with Crippen molar-refractivity contribution >= 4 is 61.0 Å². The van der Waals surface area contributed by atoms with Gasteiger partial charge in [0.25, 0.3) is 0 Å². The zero-order valence-electron chi connectivity index (χ0n) is 23.9. The van der Waals surface area contributed by atoms with Crippen LogP contribution in [0.1, 0.15) is 30.5 Å². The molecule has 0 unspecified atom stereocenters. The number of nitrogens with zero attached hydrogens (tertiary/aromatic N) is 2. The van der Waals surface area contributed by atoms with Crippen molar-refractivity contribution in [2.75, 3.05) is 4.90 Å². The topological polar surface area (TPSA) is 27.0 Å². The van der Waals surface area contributed by atoms with E-state index in [4.69, 9.17) is 11.6 Å². The lowest BCUT2D eigenvalue weighted by Gasteiger charge is -2.28. The summed E-state index contributed by atoms with van der Waals surface area (Å²) in [6.07, 6.45) is 0. The number of anilines is 3. The van der Waals surface area contributed by atoms with E-state index in [0.29, 0.717) is 10.6 Å². The number of benzene rings is 7. The fourth-order valence-electron chi connectivity index (χ4n) is 6.99. The first-order chi connectivity index (χ1) is 21.0. The predicted molar refractivity (Wildman–Crippen MR) is 181 cm³/mol. The summed E-state index contributed by atoms with van der Waals surface area (Å²) in [5.74, 6) is 0. The molecule has 7 aromatic rings. The monoisotopic (exact) mass is 570 g/mol. The van der Waals surface area contributed by atoms with E-state index in [2.05, 4.69) is 128 Å². The Hall–Kier alpha value is -5.10. The highest BCUT2D eigenvalue weighted by molar-refractivity contribution is 6.32. The quantitative estimate of drug-likeness (QED) is 0.197. The summed E-state index contributed by atoms with van der Waals surface area (Å²) in [6, 6.07) is 47.2. The van der Waals surface area contributed by atoms with E-state index >= 15 is 0 Å². The van der Waals surface area contributed by atoms with E-state index in [1.165, 1.54) is 49.0 Å². The van der Waals surface area contributed by atoms with Crippen LogP contribution in [-0.2, 0) is 5.41 Å². The second-order valence-corrected chi connectivity index (χ2v) is 12.2. The molecule has 0 spiro atoms. The third-order valence-electron chi connectivity index (χ3n) is 9.11. The maximum atomic E-state index is 9.91. The van der Waals surface area contributed by atoms with E-state index in [1.54, 1.807) is 0 Å². The van der Waals surface area contributed by atoms with E-state index in [0.717, 1.165) is 22.6 Å². The summed E-state index contributed by atoms with van der Waals surface area (Å²) in [7, 11) is 0. The Morgan fingerprint density at radius 2 is 1.28 bits per heavy atom. The van der Waals surface area contributed by atoms with E-state index < -0.39 is 0 Å². The van der Waals surface area contributed by atoms with Gasteiger partial charge in [-0.05, 0) is 91.6 Å². The molecule has 0 saturated carbocycles. The summed E-state index contributed by atoms with van der Waals surface area (Å²) < 4.78 is 0. The molecule has 204 valence electrons. The number of fused-ring (bicyclic) bond motifs is 2. The van der Waals surface area contributed by atoms with Crippen molar-refractivity contribution in [3.05, 3.63) is 149 Å². The average molecular weight is 571 g/mol. The fourth-order valence-corrected chi connectivity index (χ4v) is 7.15. The Bertz CT molecular complexity index is 2280. The molecule has 0 radical (unpaired) electrons. The van der Waals surface area contributed by atoms with Crippen molar-refractivity contribution in [1.82, 2.24) is 0 Å². The van der Waals surface area contributed by atoms with Gasteiger partial charge < -0.3 is 4.90 Å². The summed E-state index contributed by atoms with van der Waals surface area (Å²) in [6.45, 7) is 4.67. The van der Waals surface area contributed by atoms with Gasteiger partial charge in [-0.3, -0.25) is 0 Å². The molecular weight excluding hydrogens is 544 g/mol. The van der Waals surface area contributed by atoms with Crippen molar-refractivity contribution in [2.45, 2.75) is 19.3 Å². The molecule has 43 heavy (non-hydrogen) atoms. The van der Waals surface area contributed by atoms with E-state index in [1.807, 2.05) is 24.3 Å². The van der Waals surface area contributed by atoms with Gasteiger partial charge in [-0.15, -0.1) is 0 Å². The first-order valence-electron chi connectivity index (χ1n) is 14.5. The third kappa shape index (κ3) is 3.79. The van der Waals surface area contributed by atoms with Crippen molar-refractivity contribution < 1.29 is 0 Å². The molecular formula is C40H27ClN2. The minimum absolute atomic E-state index is 0.126. The fraction of sp³-hybridized carbons (Fsp3) is 0.0750. The molecule has 0 N–H and O–H groups in total.